The van der Waals surface area contributed by atoms with Crippen LogP contribution in [0.2, 0.25) is 0 Å². The number of pyridine rings is 1. The van der Waals surface area contributed by atoms with Crippen molar-refractivity contribution in [3.8, 4) is 5.75 Å². The van der Waals surface area contributed by atoms with Crippen LogP contribution in [0.4, 0.5) is 0 Å². The molecule has 2 rings (SSSR count). The van der Waals surface area contributed by atoms with Gasteiger partial charge < -0.3 is 10.1 Å². The Bertz CT molecular complexity index is 579. The number of ether oxygens (including phenoxy) is 1. The monoisotopic (exact) mass is 270 g/mol. The molecule has 1 amide bonds. The summed E-state index contributed by atoms with van der Waals surface area (Å²) < 4.78 is 5.34. The molecular formula is C16H18N2O2. The molecule has 104 valence electrons. The molecule has 0 radical (unpaired) electrons. The number of nitrogens with one attached hydrogen (secondary N) is 1. The lowest BCUT2D eigenvalue weighted by Gasteiger charge is -2.07. The highest BCUT2D eigenvalue weighted by Crippen LogP contribution is 2.12. The highest BCUT2D eigenvalue weighted by Gasteiger charge is 2.05. The molecule has 1 N–H and O–H groups in total. The summed E-state index contributed by atoms with van der Waals surface area (Å²) in [5, 5.41) is 2.85. The summed E-state index contributed by atoms with van der Waals surface area (Å²) >= 11 is 0. The second kappa shape index (κ2) is 6.70. The summed E-state index contributed by atoms with van der Waals surface area (Å²) in [5.74, 6) is 0.653. The van der Waals surface area contributed by atoms with Gasteiger partial charge in [0.2, 0.25) is 0 Å². The molecule has 0 saturated heterocycles. The molecule has 0 saturated carbocycles. The number of amides is 1. The van der Waals surface area contributed by atoms with E-state index >= 15 is 0 Å². The first kappa shape index (κ1) is 14.1. The Balaban J connectivity index is 1.94. The normalized spacial score (nSPS) is 10.1. The molecule has 1 heterocycles. The number of benzene rings is 1. The topological polar surface area (TPSA) is 51.2 Å². The molecule has 0 spiro atoms. The fraction of sp³-hybridized carbons (Fsp3) is 0.250. The van der Waals surface area contributed by atoms with E-state index < -0.39 is 0 Å². The standard InChI is InChI=1S/C16H18N2O2/c1-3-20-15-9-7-13(8-10-15)16(19)17-11-14-6-4-5-12(2)18-14/h4-10H,3,11H2,1-2H3,(H,17,19). The van der Waals surface area contributed by atoms with Gasteiger partial charge in [0.05, 0.1) is 18.8 Å². The molecule has 2 aromatic rings. The summed E-state index contributed by atoms with van der Waals surface area (Å²) in [7, 11) is 0. The number of aromatic nitrogens is 1. The molecule has 0 unspecified atom stereocenters. The highest BCUT2D eigenvalue weighted by atomic mass is 16.5. The largest absolute Gasteiger partial charge is 0.494 e. The van der Waals surface area contributed by atoms with Gasteiger partial charge in [-0.15, -0.1) is 0 Å². The third-order valence-electron chi connectivity index (χ3n) is 2.80. The lowest BCUT2D eigenvalue weighted by atomic mass is 10.2. The van der Waals surface area contributed by atoms with Crippen molar-refractivity contribution in [3.63, 3.8) is 0 Å². The van der Waals surface area contributed by atoms with Gasteiger partial charge in [0.1, 0.15) is 5.75 Å². The molecule has 1 aromatic heterocycles. The smallest absolute Gasteiger partial charge is 0.251 e. The predicted molar refractivity (Wildman–Crippen MR) is 77.8 cm³/mol. The predicted octanol–water partition coefficient (Wildman–Crippen LogP) is 2.72. The maximum atomic E-state index is 12.0. The van der Waals surface area contributed by atoms with Gasteiger partial charge in [0, 0.05) is 11.3 Å². The van der Waals surface area contributed by atoms with Crippen LogP contribution < -0.4 is 10.1 Å². The van der Waals surface area contributed by atoms with Crippen LogP contribution in [0, 0.1) is 6.92 Å². The van der Waals surface area contributed by atoms with Crippen molar-refractivity contribution in [2.45, 2.75) is 20.4 Å². The Kier molecular flexibility index (Phi) is 4.71. The van der Waals surface area contributed by atoms with Gasteiger partial charge in [-0.25, -0.2) is 0 Å². The molecule has 20 heavy (non-hydrogen) atoms. The Labute approximate surface area is 118 Å². The first-order valence-electron chi connectivity index (χ1n) is 6.62. The van der Waals surface area contributed by atoms with E-state index in [2.05, 4.69) is 10.3 Å². The molecule has 0 aliphatic heterocycles. The summed E-state index contributed by atoms with van der Waals surface area (Å²) in [6, 6.07) is 12.9. The van der Waals surface area contributed by atoms with Gasteiger partial charge in [-0.3, -0.25) is 9.78 Å². The van der Waals surface area contributed by atoms with E-state index in [4.69, 9.17) is 4.74 Å². The minimum absolute atomic E-state index is 0.114. The minimum Gasteiger partial charge on any atom is -0.494 e. The molecule has 0 aliphatic rings. The van der Waals surface area contributed by atoms with Gasteiger partial charge in [-0.1, -0.05) is 6.07 Å². The zero-order valence-corrected chi connectivity index (χ0v) is 11.7. The van der Waals surface area contributed by atoms with Crippen LogP contribution in [-0.4, -0.2) is 17.5 Å². The van der Waals surface area contributed by atoms with E-state index in [1.54, 1.807) is 24.3 Å². The van der Waals surface area contributed by atoms with Crippen LogP contribution in [0.5, 0.6) is 5.75 Å². The number of nitrogens with zero attached hydrogens (tertiary/aromatic N) is 1. The lowest BCUT2D eigenvalue weighted by molar-refractivity contribution is 0.0950. The van der Waals surface area contributed by atoms with Crippen molar-refractivity contribution >= 4 is 5.91 Å². The maximum Gasteiger partial charge on any atom is 0.251 e. The van der Waals surface area contributed by atoms with Crippen LogP contribution in [0.1, 0.15) is 28.7 Å². The third-order valence-corrected chi connectivity index (χ3v) is 2.80. The van der Waals surface area contributed by atoms with Crippen LogP contribution in [0.15, 0.2) is 42.5 Å². The van der Waals surface area contributed by atoms with Crippen molar-refractivity contribution in [3.05, 3.63) is 59.4 Å². The van der Waals surface area contributed by atoms with E-state index in [1.807, 2.05) is 32.0 Å². The van der Waals surface area contributed by atoms with Crippen LogP contribution in [0.25, 0.3) is 0 Å². The number of hydrogen-bond donors (Lipinski definition) is 1. The first-order chi connectivity index (χ1) is 9.69. The first-order valence-corrected chi connectivity index (χ1v) is 6.62. The van der Waals surface area contributed by atoms with E-state index in [0.717, 1.165) is 17.1 Å². The van der Waals surface area contributed by atoms with E-state index in [9.17, 15) is 4.79 Å². The van der Waals surface area contributed by atoms with E-state index in [-0.39, 0.29) is 5.91 Å². The van der Waals surface area contributed by atoms with Crippen LogP contribution in [0.3, 0.4) is 0 Å². The van der Waals surface area contributed by atoms with Crippen LogP contribution in [-0.2, 0) is 6.54 Å². The Morgan fingerprint density at radius 1 is 1.20 bits per heavy atom. The quantitative estimate of drug-likeness (QED) is 0.908. The van der Waals surface area contributed by atoms with Gasteiger partial charge >= 0.3 is 0 Å². The Morgan fingerprint density at radius 3 is 2.60 bits per heavy atom. The number of carbonyl (C=O) groups is 1. The molecule has 0 fully saturated rings. The second-order valence-electron chi connectivity index (χ2n) is 4.41. The number of hydrogen-bond acceptors (Lipinski definition) is 3. The molecule has 0 aliphatic carbocycles. The van der Waals surface area contributed by atoms with Gasteiger partial charge in [-0.05, 0) is 50.2 Å². The summed E-state index contributed by atoms with van der Waals surface area (Å²) in [6.45, 7) is 4.89. The fourth-order valence-electron chi connectivity index (χ4n) is 1.84. The number of carbonyl (C=O) groups excluding carboxylic acids is 1. The number of rotatable bonds is 5. The van der Waals surface area contributed by atoms with E-state index in [1.165, 1.54) is 0 Å². The average molecular weight is 270 g/mol. The Hall–Kier alpha value is -2.36. The van der Waals surface area contributed by atoms with Crippen molar-refractivity contribution in [1.29, 1.82) is 0 Å². The zero-order chi connectivity index (χ0) is 14.4. The third kappa shape index (κ3) is 3.82. The van der Waals surface area contributed by atoms with Gasteiger partial charge in [-0.2, -0.15) is 0 Å². The minimum atomic E-state index is -0.114. The lowest BCUT2D eigenvalue weighted by Crippen LogP contribution is -2.23. The van der Waals surface area contributed by atoms with E-state index in [0.29, 0.717) is 18.7 Å². The molecule has 0 bridgehead atoms. The van der Waals surface area contributed by atoms with Crippen molar-refractivity contribution < 1.29 is 9.53 Å². The second-order valence-corrected chi connectivity index (χ2v) is 4.41. The molecule has 1 aromatic carbocycles. The van der Waals surface area contributed by atoms with Crippen LogP contribution >= 0.6 is 0 Å². The molecule has 4 nitrogen and oxygen atoms in total. The SMILES string of the molecule is CCOc1ccc(C(=O)NCc2cccc(C)n2)cc1. The van der Waals surface area contributed by atoms with Crippen molar-refractivity contribution in [1.82, 2.24) is 10.3 Å². The summed E-state index contributed by atoms with van der Waals surface area (Å²) in [4.78, 5) is 16.3. The van der Waals surface area contributed by atoms with Gasteiger partial charge in [0.15, 0.2) is 0 Å². The van der Waals surface area contributed by atoms with Crippen molar-refractivity contribution in [2.75, 3.05) is 6.61 Å². The van der Waals surface area contributed by atoms with Gasteiger partial charge in [0.25, 0.3) is 5.91 Å². The summed E-state index contributed by atoms with van der Waals surface area (Å²) in [5.41, 5.74) is 2.41. The highest BCUT2D eigenvalue weighted by molar-refractivity contribution is 5.94. The van der Waals surface area contributed by atoms with Crippen molar-refractivity contribution in [2.24, 2.45) is 0 Å². The Morgan fingerprint density at radius 2 is 1.95 bits per heavy atom. The summed E-state index contributed by atoms with van der Waals surface area (Å²) in [6.07, 6.45) is 0. The molecule has 4 heteroatoms. The number of aryl methyl sites for hydroxylation is 1. The average Bonchev–Trinajstić information content (AvgIpc) is 2.46. The zero-order valence-electron chi connectivity index (χ0n) is 11.7. The maximum absolute atomic E-state index is 12.0. The fourth-order valence-corrected chi connectivity index (χ4v) is 1.84. The molecule has 0 atom stereocenters. The molecular weight excluding hydrogens is 252 g/mol.